The molecule has 1 N–H and O–H groups in total. The first kappa shape index (κ1) is 17.9. The summed E-state index contributed by atoms with van der Waals surface area (Å²) >= 11 is 0. The van der Waals surface area contributed by atoms with Crippen molar-refractivity contribution in [2.45, 2.75) is 63.5 Å². The molecular formula is C20H27N5O2. The van der Waals surface area contributed by atoms with E-state index in [4.69, 9.17) is 4.99 Å². The first-order chi connectivity index (χ1) is 13.1. The zero-order valence-electron chi connectivity index (χ0n) is 15.9. The van der Waals surface area contributed by atoms with E-state index in [1.54, 1.807) is 19.3 Å². The van der Waals surface area contributed by atoms with Crippen LogP contribution in [0.5, 0.6) is 0 Å². The Bertz CT molecular complexity index is 734. The molecule has 3 heterocycles. The van der Waals surface area contributed by atoms with Crippen LogP contribution in [-0.2, 0) is 4.79 Å². The van der Waals surface area contributed by atoms with Gasteiger partial charge in [-0.25, -0.2) is 4.79 Å². The van der Waals surface area contributed by atoms with E-state index in [-0.39, 0.29) is 18.0 Å². The predicted octanol–water partition coefficient (Wildman–Crippen LogP) is 2.72. The van der Waals surface area contributed by atoms with Crippen LogP contribution in [0, 0.1) is 0 Å². The summed E-state index contributed by atoms with van der Waals surface area (Å²) in [5.41, 5.74) is 0.267. The molecule has 1 aromatic heterocycles. The van der Waals surface area contributed by atoms with E-state index >= 15 is 0 Å². The third-order valence-corrected chi connectivity index (χ3v) is 6.12. The standard InChI is InChI=1S/C20H27N5O2/c1-15(26)24-12-9-20(10-13-24)18(22-16-6-3-2-4-7-16)23-19(27)25(20)17-8-5-11-21-14-17/h5,8,11,14,16H,2-4,6-7,9-10,12-13H2,1H3,(H,22,23,27). The number of amidine groups is 1. The molecule has 3 amide bonds. The maximum atomic E-state index is 12.9. The minimum Gasteiger partial charge on any atom is -0.343 e. The van der Waals surface area contributed by atoms with Crippen LogP contribution in [-0.4, -0.2) is 52.3 Å². The van der Waals surface area contributed by atoms with Crippen LogP contribution < -0.4 is 10.2 Å². The number of hydrogen-bond acceptors (Lipinski definition) is 4. The van der Waals surface area contributed by atoms with Gasteiger partial charge in [-0.15, -0.1) is 0 Å². The molecule has 4 rings (SSSR count). The third kappa shape index (κ3) is 3.31. The molecule has 1 aromatic rings. The molecule has 7 nitrogen and oxygen atoms in total. The molecule has 27 heavy (non-hydrogen) atoms. The maximum absolute atomic E-state index is 12.9. The number of rotatable bonds is 2. The van der Waals surface area contributed by atoms with Crippen LogP contribution in [0.25, 0.3) is 0 Å². The van der Waals surface area contributed by atoms with Crippen LogP contribution in [0.3, 0.4) is 0 Å². The van der Waals surface area contributed by atoms with Gasteiger partial charge in [0.25, 0.3) is 0 Å². The van der Waals surface area contributed by atoms with E-state index in [1.807, 2.05) is 21.9 Å². The lowest BCUT2D eigenvalue weighted by Crippen LogP contribution is -2.57. The van der Waals surface area contributed by atoms with Crippen molar-refractivity contribution >= 4 is 23.5 Å². The van der Waals surface area contributed by atoms with Crippen LogP contribution in [0.1, 0.15) is 51.9 Å². The number of nitrogens with zero attached hydrogens (tertiary/aromatic N) is 4. The van der Waals surface area contributed by atoms with Gasteiger partial charge in [0.15, 0.2) is 0 Å². The summed E-state index contributed by atoms with van der Waals surface area (Å²) in [4.78, 5) is 37.6. The molecular weight excluding hydrogens is 342 g/mol. The van der Waals surface area contributed by atoms with E-state index in [2.05, 4.69) is 10.3 Å². The van der Waals surface area contributed by atoms with E-state index < -0.39 is 5.54 Å². The summed E-state index contributed by atoms with van der Waals surface area (Å²) in [7, 11) is 0. The number of carbonyl (C=O) groups excluding carboxylic acids is 2. The Labute approximate surface area is 159 Å². The SMILES string of the molecule is CC(=O)N1CCC2(CC1)C(=NC1CCCCC1)NC(=O)N2c1cccnc1. The monoisotopic (exact) mass is 369 g/mol. The Hall–Kier alpha value is -2.44. The first-order valence-electron chi connectivity index (χ1n) is 9.95. The smallest absolute Gasteiger partial charge is 0.328 e. The number of piperidine rings is 1. The van der Waals surface area contributed by atoms with Crippen molar-refractivity contribution in [3.05, 3.63) is 24.5 Å². The largest absolute Gasteiger partial charge is 0.343 e. The molecule has 0 atom stereocenters. The molecule has 1 spiro atoms. The Kier molecular flexibility index (Phi) is 4.85. The van der Waals surface area contributed by atoms with E-state index in [1.165, 1.54) is 19.3 Å². The normalized spacial score (nSPS) is 24.5. The van der Waals surface area contributed by atoms with Gasteiger partial charge in [0.05, 0.1) is 17.9 Å². The molecule has 0 bridgehead atoms. The average Bonchev–Trinajstić information content (AvgIpc) is 2.94. The molecule has 0 unspecified atom stereocenters. The number of anilines is 1. The number of aliphatic imine (C=N–C) groups is 1. The maximum Gasteiger partial charge on any atom is 0.328 e. The fourth-order valence-corrected chi connectivity index (χ4v) is 4.62. The number of carbonyl (C=O) groups is 2. The zero-order valence-corrected chi connectivity index (χ0v) is 15.9. The molecule has 7 heteroatoms. The number of likely N-dealkylation sites (tertiary alicyclic amines) is 1. The van der Waals surface area contributed by atoms with E-state index in [0.29, 0.717) is 25.9 Å². The number of nitrogens with one attached hydrogen (secondary N) is 1. The number of aromatic nitrogens is 1. The van der Waals surface area contributed by atoms with Crippen molar-refractivity contribution in [1.29, 1.82) is 0 Å². The topological polar surface area (TPSA) is 77.9 Å². The van der Waals surface area contributed by atoms with Crippen molar-refractivity contribution in [1.82, 2.24) is 15.2 Å². The molecule has 144 valence electrons. The highest BCUT2D eigenvalue weighted by molar-refractivity contribution is 6.19. The third-order valence-electron chi connectivity index (χ3n) is 6.12. The Morgan fingerprint density at radius 3 is 2.63 bits per heavy atom. The fraction of sp³-hybridized carbons (Fsp3) is 0.600. The van der Waals surface area contributed by atoms with Gasteiger partial charge in [-0.2, -0.15) is 0 Å². The molecule has 2 aliphatic heterocycles. The number of hydrogen-bond donors (Lipinski definition) is 1. The second kappa shape index (κ2) is 7.29. The molecule has 1 saturated carbocycles. The van der Waals surface area contributed by atoms with Crippen molar-refractivity contribution in [2.24, 2.45) is 4.99 Å². The Morgan fingerprint density at radius 2 is 2.00 bits per heavy atom. The van der Waals surface area contributed by atoms with Crippen LogP contribution in [0.15, 0.2) is 29.5 Å². The molecule has 3 aliphatic rings. The first-order valence-corrected chi connectivity index (χ1v) is 9.95. The quantitative estimate of drug-likeness (QED) is 0.871. The minimum atomic E-state index is -0.510. The second-order valence-electron chi connectivity index (χ2n) is 7.78. The number of urea groups is 1. The highest BCUT2D eigenvalue weighted by atomic mass is 16.2. The van der Waals surface area contributed by atoms with E-state index in [9.17, 15) is 9.59 Å². The van der Waals surface area contributed by atoms with Crippen LogP contribution in [0.4, 0.5) is 10.5 Å². The van der Waals surface area contributed by atoms with Gasteiger partial charge < -0.3 is 4.90 Å². The fourth-order valence-electron chi connectivity index (χ4n) is 4.62. The Morgan fingerprint density at radius 1 is 1.26 bits per heavy atom. The van der Waals surface area contributed by atoms with Gasteiger partial charge in [-0.1, -0.05) is 19.3 Å². The van der Waals surface area contributed by atoms with Gasteiger partial charge >= 0.3 is 6.03 Å². The highest BCUT2D eigenvalue weighted by Crippen LogP contribution is 2.38. The summed E-state index contributed by atoms with van der Waals surface area (Å²) in [6, 6.07) is 3.89. The van der Waals surface area contributed by atoms with Gasteiger partial charge in [-0.05, 0) is 37.8 Å². The number of pyridine rings is 1. The van der Waals surface area contributed by atoms with Crippen LogP contribution >= 0.6 is 0 Å². The van der Waals surface area contributed by atoms with Crippen molar-refractivity contribution in [3.63, 3.8) is 0 Å². The molecule has 0 radical (unpaired) electrons. The number of amides is 3. The lowest BCUT2D eigenvalue weighted by atomic mass is 9.84. The lowest BCUT2D eigenvalue weighted by Gasteiger charge is -2.43. The van der Waals surface area contributed by atoms with Crippen molar-refractivity contribution < 1.29 is 9.59 Å². The van der Waals surface area contributed by atoms with Gasteiger partial charge in [0, 0.05) is 26.2 Å². The van der Waals surface area contributed by atoms with Gasteiger partial charge in [-0.3, -0.25) is 25.0 Å². The average molecular weight is 369 g/mol. The predicted molar refractivity (Wildman–Crippen MR) is 104 cm³/mol. The van der Waals surface area contributed by atoms with Gasteiger partial charge in [0.1, 0.15) is 11.4 Å². The molecule has 1 aliphatic carbocycles. The van der Waals surface area contributed by atoms with E-state index in [0.717, 1.165) is 24.4 Å². The van der Waals surface area contributed by atoms with Gasteiger partial charge in [0.2, 0.25) is 5.91 Å². The summed E-state index contributed by atoms with van der Waals surface area (Å²) in [6.45, 7) is 2.86. The van der Waals surface area contributed by atoms with Crippen LogP contribution in [0.2, 0.25) is 0 Å². The highest BCUT2D eigenvalue weighted by Gasteiger charge is 2.53. The summed E-state index contributed by atoms with van der Waals surface area (Å²) < 4.78 is 0. The van der Waals surface area contributed by atoms with Crippen molar-refractivity contribution in [2.75, 3.05) is 18.0 Å². The Balaban J connectivity index is 1.70. The molecule has 2 saturated heterocycles. The summed E-state index contributed by atoms with van der Waals surface area (Å²) in [6.07, 6.45) is 10.6. The molecule has 3 fully saturated rings. The summed E-state index contributed by atoms with van der Waals surface area (Å²) in [5, 5.41) is 3.06. The summed E-state index contributed by atoms with van der Waals surface area (Å²) in [5.74, 6) is 0.868. The second-order valence-corrected chi connectivity index (χ2v) is 7.78. The molecule has 0 aromatic carbocycles. The lowest BCUT2D eigenvalue weighted by molar-refractivity contribution is -0.130. The zero-order chi connectivity index (χ0) is 18.9. The minimum absolute atomic E-state index is 0.0841. The van der Waals surface area contributed by atoms with Crippen molar-refractivity contribution in [3.8, 4) is 0 Å².